The van der Waals surface area contributed by atoms with Crippen LogP contribution in [0.3, 0.4) is 0 Å². The maximum absolute atomic E-state index is 10.6. The van der Waals surface area contributed by atoms with Crippen molar-refractivity contribution < 1.29 is 9.90 Å². The summed E-state index contributed by atoms with van der Waals surface area (Å²) in [4.78, 5) is 10.6. The Morgan fingerprint density at radius 2 is 1.62 bits per heavy atom. The predicted molar refractivity (Wildman–Crippen MR) is 65.9 cm³/mol. The zero-order valence-corrected chi connectivity index (χ0v) is 10.5. The van der Waals surface area contributed by atoms with Gasteiger partial charge in [0.15, 0.2) is 0 Å². The van der Waals surface area contributed by atoms with E-state index in [0.29, 0.717) is 6.42 Å². The molecular formula is C14H25O2-. The third kappa shape index (κ3) is 8.51. The van der Waals surface area contributed by atoms with Crippen molar-refractivity contribution in [3.63, 3.8) is 0 Å². The van der Waals surface area contributed by atoms with E-state index in [9.17, 15) is 9.90 Å². The van der Waals surface area contributed by atoms with Crippen LogP contribution in [0.15, 0.2) is 12.7 Å². The molecule has 2 heteroatoms. The van der Waals surface area contributed by atoms with Gasteiger partial charge in [0.25, 0.3) is 0 Å². The van der Waals surface area contributed by atoms with Crippen molar-refractivity contribution in [2.45, 2.75) is 64.7 Å². The van der Waals surface area contributed by atoms with Gasteiger partial charge in [0, 0.05) is 11.9 Å². The zero-order valence-electron chi connectivity index (χ0n) is 10.5. The summed E-state index contributed by atoms with van der Waals surface area (Å²) in [5.74, 6) is -1.45. The number of hydrogen-bond acceptors (Lipinski definition) is 2. The summed E-state index contributed by atoms with van der Waals surface area (Å²) in [5, 5.41) is 10.6. The van der Waals surface area contributed by atoms with Crippen molar-refractivity contribution in [1.82, 2.24) is 0 Å². The number of aliphatic carboxylic acids is 1. The molecule has 0 saturated heterocycles. The minimum absolute atomic E-state index is 0.458. The Kier molecular flexibility index (Phi) is 10.2. The van der Waals surface area contributed by atoms with Gasteiger partial charge in [-0.05, 0) is 6.42 Å². The first-order chi connectivity index (χ1) is 7.72. The van der Waals surface area contributed by atoms with Crippen LogP contribution >= 0.6 is 0 Å². The quantitative estimate of drug-likeness (QED) is 0.400. The molecule has 1 unspecified atom stereocenters. The number of rotatable bonds is 11. The number of carbonyl (C=O) groups is 1. The van der Waals surface area contributed by atoms with Crippen molar-refractivity contribution >= 4 is 5.97 Å². The van der Waals surface area contributed by atoms with Crippen molar-refractivity contribution in [2.75, 3.05) is 0 Å². The molecule has 0 aliphatic heterocycles. The summed E-state index contributed by atoms with van der Waals surface area (Å²) < 4.78 is 0. The fraction of sp³-hybridized carbons (Fsp3) is 0.786. The lowest BCUT2D eigenvalue weighted by molar-refractivity contribution is -0.309. The van der Waals surface area contributed by atoms with Gasteiger partial charge in [-0.3, -0.25) is 0 Å². The van der Waals surface area contributed by atoms with E-state index >= 15 is 0 Å². The molecule has 2 nitrogen and oxygen atoms in total. The molecule has 0 bridgehead atoms. The van der Waals surface area contributed by atoms with E-state index in [0.717, 1.165) is 12.8 Å². The average Bonchev–Trinajstić information content (AvgIpc) is 2.26. The van der Waals surface area contributed by atoms with Gasteiger partial charge in [-0.1, -0.05) is 64.4 Å². The van der Waals surface area contributed by atoms with E-state index in [1.54, 1.807) is 0 Å². The number of unbranched alkanes of at least 4 members (excludes halogenated alkanes) is 7. The van der Waals surface area contributed by atoms with Crippen LogP contribution in [0.5, 0.6) is 0 Å². The Bertz CT molecular complexity index is 187. The van der Waals surface area contributed by atoms with Crippen LogP contribution in [0.25, 0.3) is 0 Å². The highest BCUT2D eigenvalue weighted by Gasteiger charge is 2.03. The van der Waals surface area contributed by atoms with Crippen molar-refractivity contribution in [3.8, 4) is 0 Å². The summed E-state index contributed by atoms with van der Waals surface area (Å²) in [6.45, 7) is 5.73. The summed E-state index contributed by atoms with van der Waals surface area (Å²) in [6, 6.07) is 0. The highest BCUT2D eigenvalue weighted by atomic mass is 16.4. The van der Waals surface area contributed by atoms with Gasteiger partial charge in [-0.15, -0.1) is 6.58 Å². The highest BCUT2D eigenvalue weighted by molar-refractivity contribution is 5.69. The molecule has 0 rings (SSSR count). The third-order valence-corrected chi connectivity index (χ3v) is 2.96. The molecule has 0 saturated carbocycles. The molecule has 0 N–H and O–H groups in total. The van der Waals surface area contributed by atoms with E-state index in [1.165, 1.54) is 44.6 Å². The molecule has 94 valence electrons. The van der Waals surface area contributed by atoms with Gasteiger partial charge in [-0.2, -0.15) is 0 Å². The Labute approximate surface area is 99.7 Å². The summed E-state index contributed by atoms with van der Waals surface area (Å²) in [5.41, 5.74) is 0. The van der Waals surface area contributed by atoms with Gasteiger partial charge in [0.2, 0.25) is 0 Å². The first kappa shape index (κ1) is 15.2. The van der Waals surface area contributed by atoms with E-state index in [2.05, 4.69) is 13.5 Å². The molecule has 0 aliphatic rings. The highest BCUT2D eigenvalue weighted by Crippen LogP contribution is 2.13. The molecule has 0 heterocycles. The van der Waals surface area contributed by atoms with Crippen LogP contribution in [0.2, 0.25) is 0 Å². The largest absolute Gasteiger partial charge is 0.550 e. The lowest BCUT2D eigenvalue weighted by Gasteiger charge is -2.12. The number of carbonyl (C=O) groups excluding carboxylic acids is 1. The second-order valence-corrected chi connectivity index (χ2v) is 4.42. The van der Waals surface area contributed by atoms with Crippen LogP contribution in [0.1, 0.15) is 64.7 Å². The summed E-state index contributed by atoms with van der Waals surface area (Å²) in [6.07, 6.45) is 12.0. The van der Waals surface area contributed by atoms with Crippen molar-refractivity contribution in [3.05, 3.63) is 12.7 Å². The van der Waals surface area contributed by atoms with Crippen molar-refractivity contribution in [2.24, 2.45) is 5.92 Å². The number of carboxylic acid groups (broad SMARTS) is 1. The third-order valence-electron chi connectivity index (χ3n) is 2.96. The number of carboxylic acids is 1. The second kappa shape index (κ2) is 10.7. The molecule has 0 aromatic rings. The number of hydrogen-bond donors (Lipinski definition) is 0. The van der Waals surface area contributed by atoms with E-state index in [-0.39, 0.29) is 0 Å². The van der Waals surface area contributed by atoms with Crippen LogP contribution in [-0.2, 0) is 4.79 Å². The molecule has 0 fully saturated rings. The van der Waals surface area contributed by atoms with Crippen LogP contribution in [-0.4, -0.2) is 5.97 Å². The molecule has 0 aliphatic carbocycles. The van der Waals surface area contributed by atoms with Crippen molar-refractivity contribution in [1.29, 1.82) is 0 Å². The first-order valence-electron chi connectivity index (χ1n) is 6.55. The molecule has 0 radical (unpaired) electrons. The smallest absolute Gasteiger partial charge is 0.0482 e. The topological polar surface area (TPSA) is 40.1 Å². The Balaban J connectivity index is 3.26. The lowest BCUT2D eigenvalue weighted by Crippen LogP contribution is -2.29. The molecule has 0 aromatic heterocycles. The minimum atomic E-state index is -0.988. The molecule has 0 spiro atoms. The first-order valence-corrected chi connectivity index (χ1v) is 6.55. The minimum Gasteiger partial charge on any atom is -0.550 e. The van der Waals surface area contributed by atoms with Gasteiger partial charge < -0.3 is 9.90 Å². The van der Waals surface area contributed by atoms with Crippen LogP contribution < -0.4 is 5.11 Å². The van der Waals surface area contributed by atoms with Gasteiger partial charge in [0.05, 0.1) is 0 Å². The maximum Gasteiger partial charge on any atom is 0.0482 e. The van der Waals surface area contributed by atoms with E-state index in [4.69, 9.17) is 0 Å². The Morgan fingerprint density at radius 1 is 1.12 bits per heavy atom. The van der Waals surface area contributed by atoms with Gasteiger partial charge >= 0.3 is 0 Å². The monoisotopic (exact) mass is 225 g/mol. The normalized spacial score (nSPS) is 12.3. The Morgan fingerprint density at radius 3 is 2.06 bits per heavy atom. The lowest BCUT2D eigenvalue weighted by atomic mass is 10.0. The molecule has 0 amide bonds. The maximum atomic E-state index is 10.6. The standard InChI is InChI=1S/C14H26O2/c1-3-5-6-7-8-9-10-11-12-13(4-2)14(15)16/h4,13H,2-3,5-12H2,1H3,(H,15,16)/p-1. The molecule has 1 atom stereocenters. The fourth-order valence-corrected chi connectivity index (χ4v) is 1.83. The average molecular weight is 225 g/mol. The van der Waals surface area contributed by atoms with E-state index < -0.39 is 11.9 Å². The SMILES string of the molecule is C=CC(CCCCCCCCCC)C(=O)[O-]. The van der Waals surface area contributed by atoms with Crippen LogP contribution in [0, 0.1) is 5.92 Å². The van der Waals surface area contributed by atoms with E-state index in [1.807, 2.05) is 0 Å². The fourth-order valence-electron chi connectivity index (χ4n) is 1.83. The molecule has 16 heavy (non-hydrogen) atoms. The predicted octanol–water partition coefficient (Wildman–Crippen LogP) is 3.07. The van der Waals surface area contributed by atoms with Crippen LogP contribution in [0.4, 0.5) is 0 Å². The molecule has 0 aromatic carbocycles. The summed E-state index contributed by atoms with van der Waals surface area (Å²) in [7, 11) is 0. The zero-order chi connectivity index (χ0) is 12.2. The summed E-state index contributed by atoms with van der Waals surface area (Å²) >= 11 is 0. The second-order valence-electron chi connectivity index (χ2n) is 4.42. The Hall–Kier alpha value is -0.790. The van der Waals surface area contributed by atoms with Gasteiger partial charge in [-0.25, -0.2) is 0 Å². The van der Waals surface area contributed by atoms with Gasteiger partial charge in [0.1, 0.15) is 0 Å². The molecular weight excluding hydrogens is 200 g/mol.